The Labute approximate surface area is 133 Å². The second-order valence-electron chi connectivity index (χ2n) is 5.45. The molecule has 0 aliphatic rings. The molecule has 0 aliphatic heterocycles. The van der Waals surface area contributed by atoms with E-state index in [9.17, 15) is 9.59 Å². The first-order valence-electron chi connectivity index (χ1n) is 8.10. The topological polar surface area (TPSA) is 62.3 Å². The fourth-order valence-electron chi connectivity index (χ4n) is 2.04. The van der Waals surface area contributed by atoms with Gasteiger partial charge in [0, 0.05) is 20.1 Å². The molecule has 2 amide bonds. The molecule has 1 rings (SSSR count). The molecule has 0 unspecified atom stereocenters. The maximum atomic E-state index is 12.3. The van der Waals surface area contributed by atoms with Crippen LogP contribution in [0, 0.1) is 0 Å². The van der Waals surface area contributed by atoms with E-state index in [1.54, 1.807) is 30.1 Å². The summed E-state index contributed by atoms with van der Waals surface area (Å²) in [5.74, 6) is -0.365. The number of aromatic nitrogens is 1. The highest BCUT2D eigenvalue weighted by Crippen LogP contribution is 2.04. The van der Waals surface area contributed by atoms with Gasteiger partial charge in [-0.1, -0.05) is 39.2 Å². The van der Waals surface area contributed by atoms with Crippen molar-refractivity contribution in [3.63, 3.8) is 0 Å². The molecule has 0 saturated heterocycles. The van der Waals surface area contributed by atoms with Crippen LogP contribution in [-0.2, 0) is 0 Å². The number of carbonyl (C=O) groups is 2. The molecule has 122 valence electrons. The second kappa shape index (κ2) is 9.92. The maximum absolute atomic E-state index is 12.3. The molecule has 0 aliphatic carbocycles. The van der Waals surface area contributed by atoms with Gasteiger partial charge in [0.1, 0.15) is 11.4 Å². The number of hydrogen-bond donors (Lipinski definition) is 1. The molecule has 0 atom stereocenters. The summed E-state index contributed by atoms with van der Waals surface area (Å²) in [6, 6.07) is 4.99. The van der Waals surface area contributed by atoms with Crippen LogP contribution in [0.4, 0.5) is 0 Å². The van der Waals surface area contributed by atoms with E-state index in [1.807, 2.05) is 0 Å². The van der Waals surface area contributed by atoms with E-state index in [-0.39, 0.29) is 11.8 Å². The summed E-state index contributed by atoms with van der Waals surface area (Å²) in [7, 11) is 1.76. The van der Waals surface area contributed by atoms with Crippen LogP contribution < -0.4 is 5.32 Å². The fourth-order valence-corrected chi connectivity index (χ4v) is 2.04. The van der Waals surface area contributed by atoms with E-state index in [2.05, 4.69) is 24.1 Å². The number of rotatable bonds is 9. The molecular weight excluding hydrogens is 278 g/mol. The van der Waals surface area contributed by atoms with Crippen LogP contribution in [0.1, 0.15) is 66.9 Å². The molecule has 1 aromatic rings. The molecule has 1 heterocycles. The predicted molar refractivity (Wildman–Crippen MR) is 88.0 cm³/mol. The van der Waals surface area contributed by atoms with Gasteiger partial charge in [-0.3, -0.25) is 9.59 Å². The number of hydrogen-bond acceptors (Lipinski definition) is 3. The largest absolute Gasteiger partial charge is 0.351 e. The lowest BCUT2D eigenvalue weighted by Gasteiger charge is -2.16. The first-order valence-corrected chi connectivity index (χ1v) is 8.10. The highest BCUT2D eigenvalue weighted by molar-refractivity contribution is 5.96. The van der Waals surface area contributed by atoms with Crippen molar-refractivity contribution in [2.24, 2.45) is 0 Å². The van der Waals surface area contributed by atoms with E-state index in [0.29, 0.717) is 24.5 Å². The lowest BCUT2D eigenvalue weighted by atomic mass is 10.2. The van der Waals surface area contributed by atoms with Crippen molar-refractivity contribution in [3.05, 3.63) is 29.6 Å². The Bertz CT molecular complexity index is 489. The van der Waals surface area contributed by atoms with Crippen molar-refractivity contribution in [2.45, 2.75) is 46.0 Å². The first-order chi connectivity index (χ1) is 10.6. The molecule has 1 aromatic heterocycles. The van der Waals surface area contributed by atoms with Gasteiger partial charge < -0.3 is 10.2 Å². The van der Waals surface area contributed by atoms with Crippen LogP contribution in [0.25, 0.3) is 0 Å². The van der Waals surface area contributed by atoms with Gasteiger partial charge in [0.15, 0.2) is 0 Å². The Hall–Kier alpha value is -1.91. The SMILES string of the molecule is CCCCCNC(=O)c1cccc(C(=O)N(C)CCCC)n1. The van der Waals surface area contributed by atoms with Gasteiger partial charge >= 0.3 is 0 Å². The molecule has 0 saturated carbocycles. The van der Waals surface area contributed by atoms with Crippen molar-refractivity contribution in [1.82, 2.24) is 15.2 Å². The molecule has 0 radical (unpaired) electrons. The molecule has 0 bridgehead atoms. The summed E-state index contributed by atoms with van der Waals surface area (Å²) in [6.45, 7) is 5.54. The van der Waals surface area contributed by atoms with E-state index in [1.165, 1.54) is 0 Å². The molecule has 1 N–H and O–H groups in total. The zero-order chi connectivity index (χ0) is 16.4. The zero-order valence-electron chi connectivity index (χ0n) is 13.9. The Morgan fingerprint density at radius 3 is 2.45 bits per heavy atom. The van der Waals surface area contributed by atoms with Crippen molar-refractivity contribution in [1.29, 1.82) is 0 Å². The fraction of sp³-hybridized carbons (Fsp3) is 0.588. The molecule has 0 aromatic carbocycles. The maximum Gasteiger partial charge on any atom is 0.272 e. The quantitative estimate of drug-likeness (QED) is 0.714. The minimum Gasteiger partial charge on any atom is -0.351 e. The van der Waals surface area contributed by atoms with Gasteiger partial charge in [0.05, 0.1) is 0 Å². The van der Waals surface area contributed by atoms with E-state index in [0.717, 1.165) is 32.1 Å². The van der Waals surface area contributed by atoms with Crippen LogP contribution in [0.2, 0.25) is 0 Å². The lowest BCUT2D eigenvalue weighted by Crippen LogP contribution is -2.30. The van der Waals surface area contributed by atoms with Crippen LogP contribution in [0.15, 0.2) is 18.2 Å². The molecule has 22 heavy (non-hydrogen) atoms. The van der Waals surface area contributed by atoms with E-state index < -0.39 is 0 Å². The van der Waals surface area contributed by atoms with Crippen molar-refractivity contribution in [2.75, 3.05) is 20.1 Å². The molecule has 0 spiro atoms. The van der Waals surface area contributed by atoms with E-state index >= 15 is 0 Å². The Balaban J connectivity index is 2.64. The van der Waals surface area contributed by atoms with Crippen LogP contribution >= 0.6 is 0 Å². The minimum absolute atomic E-state index is 0.144. The molecular formula is C17H27N3O2. The number of nitrogens with zero attached hydrogens (tertiary/aromatic N) is 2. The van der Waals surface area contributed by atoms with Gasteiger partial charge in [0.25, 0.3) is 11.8 Å². The Morgan fingerprint density at radius 2 is 1.77 bits per heavy atom. The second-order valence-corrected chi connectivity index (χ2v) is 5.45. The minimum atomic E-state index is -0.220. The van der Waals surface area contributed by atoms with Gasteiger partial charge in [-0.15, -0.1) is 0 Å². The van der Waals surface area contributed by atoms with Gasteiger partial charge in [-0.2, -0.15) is 0 Å². The summed E-state index contributed by atoms with van der Waals surface area (Å²) in [5, 5.41) is 2.84. The summed E-state index contributed by atoms with van der Waals surface area (Å²) in [6.07, 6.45) is 5.16. The molecule has 0 fully saturated rings. The molecule has 5 heteroatoms. The van der Waals surface area contributed by atoms with Gasteiger partial charge in [-0.25, -0.2) is 4.98 Å². The van der Waals surface area contributed by atoms with Crippen LogP contribution in [0.5, 0.6) is 0 Å². The third kappa shape index (κ3) is 5.84. The smallest absolute Gasteiger partial charge is 0.272 e. The van der Waals surface area contributed by atoms with E-state index in [4.69, 9.17) is 0 Å². The summed E-state index contributed by atoms with van der Waals surface area (Å²) < 4.78 is 0. The third-order valence-electron chi connectivity index (χ3n) is 3.46. The van der Waals surface area contributed by atoms with Crippen LogP contribution in [-0.4, -0.2) is 41.8 Å². The van der Waals surface area contributed by atoms with Crippen molar-refractivity contribution in [3.8, 4) is 0 Å². The summed E-state index contributed by atoms with van der Waals surface area (Å²) >= 11 is 0. The van der Waals surface area contributed by atoms with Crippen molar-refractivity contribution >= 4 is 11.8 Å². The zero-order valence-corrected chi connectivity index (χ0v) is 13.9. The number of carbonyl (C=O) groups excluding carboxylic acids is 2. The average molecular weight is 305 g/mol. The Morgan fingerprint density at radius 1 is 1.09 bits per heavy atom. The van der Waals surface area contributed by atoms with Crippen LogP contribution in [0.3, 0.4) is 0 Å². The highest BCUT2D eigenvalue weighted by Gasteiger charge is 2.15. The number of nitrogens with one attached hydrogen (secondary N) is 1. The number of unbranched alkanes of at least 4 members (excludes halogenated alkanes) is 3. The number of pyridine rings is 1. The summed E-state index contributed by atoms with van der Waals surface area (Å²) in [5.41, 5.74) is 0.617. The number of amides is 2. The molecule has 5 nitrogen and oxygen atoms in total. The Kier molecular flexibility index (Phi) is 8.18. The highest BCUT2D eigenvalue weighted by atomic mass is 16.2. The monoisotopic (exact) mass is 305 g/mol. The first kappa shape index (κ1) is 18.1. The average Bonchev–Trinajstić information content (AvgIpc) is 2.55. The predicted octanol–water partition coefficient (Wildman–Crippen LogP) is 2.87. The third-order valence-corrected chi connectivity index (χ3v) is 3.46. The normalized spacial score (nSPS) is 10.3. The van der Waals surface area contributed by atoms with Crippen molar-refractivity contribution < 1.29 is 9.59 Å². The van der Waals surface area contributed by atoms with Gasteiger partial charge in [-0.05, 0) is 25.0 Å². The van der Waals surface area contributed by atoms with Gasteiger partial charge in [0.2, 0.25) is 0 Å². The summed E-state index contributed by atoms with van der Waals surface area (Å²) in [4.78, 5) is 30.1. The standard InChI is InChI=1S/C17H27N3O2/c1-4-6-8-12-18-16(21)14-10-9-11-15(19-14)17(22)20(3)13-7-5-2/h9-11H,4-8,12-13H2,1-3H3,(H,18,21). The lowest BCUT2D eigenvalue weighted by molar-refractivity contribution is 0.0787.